The molecule has 0 atom stereocenters. The van der Waals surface area contributed by atoms with E-state index in [9.17, 15) is 0 Å². The van der Waals surface area contributed by atoms with E-state index in [1.54, 1.807) is 0 Å². The summed E-state index contributed by atoms with van der Waals surface area (Å²) >= 11 is 0. The molecule has 0 fully saturated rings. The minimum atomic E-state index is 0.0337. The number of aliphatic imine (C=N–C) groups is 1. The third kappa shape index (κ3) is 12.7. The molecule has 0 aliphatic rings. The summed E-state index contributed by atoms with van der Waals surface area (Å²) < 4.78 is 0. The second kappa shape index (κ2) is 11.7. The zero-order chi connectivity index (χ0) is 12.1. The van der Waals surface area contributed by atoms with Crippen molar-refractivity contribution in [3.63, 3.8) is 0 Å². The van der Waals surface area contributed by atoms with Crippen molar-refractivity contribution in [3.05, 3.63) is 0 Å². The van der Waals surface area contributed by atoms with E-state index in [0.29, 0.717) is 0 Å². The molecule has 7 nitrogen and oxygen atoms in total. The topological polar surface area (TPSA) is 124 Å². The van der Waals surface area contributed by atoms with Crippen LogP contribution in [0.4, 0.5) is 0 Å². The maximum atomic E-state index is 6.94. The van der Waals surface area contributed by atoms with Gasteiger partial charge in [-0.05, 0) is 32.4 Å². The fourth-order valence-corrected chi connectivity index (χ4v) is 1.13. The van der Waals surface area contributed by atoms with Crippen molar-refractivity contribution < 1.29 is 0 Å². The second-order valence-electron chi connectivity index (χ2n) is 3.35. The Morgan fingerprint density at radius 3 is 2.62 bits per heavy atom. The van der Waals surface area contributed by atoms with Gasteiger partial charge in [0.15, 0.2) is 5.96 Å². The predicted octanol–water partition coefficient (Wildman–Crippen LogP) is -1.28. The molecule has 0 spiro atoms. The average molecular weight is 229 g/mol. The van der Waals surface area contributed by atoms with Crippen molar-refractivity contribution in [2.45, 2.75) is 19.3 Å². The zero-order valence-electron chi connectivity index (χ0n) is 9.63. The van der Waals surface area contributed by atoms with E-state index in [1.807, 2.05) is 0 Å². The van der Waals surface area contributed by atoms with Crippen molar-refractivity contribution in [2.75, 3.05) is 26.2 Å². The molecule has 0 aromatic heterocycles. The van der Waals surface area contributed by atoms with E-state index in [-0.39, 0.29) is 5.96 Å². The van der Waals surface area contributed by atoms with Gasteiger partial charge < -0.3 is 21.8 Å². The molecule has 8 N–H and O–H groups in total. The van der Waals surface area contributed by atoms with Crippen molar-refractivity contribution in [1.29, 1.82) is 5.41 Å². The van der Waals surface area contributed by atoms with Gasteiger partial charge in [0.05, 0.1) is 6.34 Å². The lowest BCUT2D eigenvalue weighted by atomic mass is 10.3. The smallest absolute Gasteiger partial charge is 0.185 e. The van der Waals surface area contributed by atoms with Gasteiger partial charge in [-0.3, -0.25) is 10.4 Å². The van der Waals surface area contributed by atoms with Crippen molar-refractivity contribution in [2.24, 2.45) is 16.6 Å². The van der Waals surface area contributed by atoms with Gasteiger partial charge in [-0.25, -0.2) is 5.84 Å². The fourth-order valence-electron chi connectivity index (χ4n) is 1.13. The van der Waals surface area contributed by atoms with E-state index in [4.69, 9.17) is 17.0 Å². The lowest BCUT2D eigenvalue weighted by Crippen LogP contribution is -2.32. The predicted molar refractivity (Wildman–Crippen MR) is 67.3 cm³/mol. The molecule has 0 aromatic carbocycles. The molecule has 0 heterocycles. The van der Waals surface area contributed by atoms with Gasteiger partial charge in [0, 0.05) is 13.1 Å². The molecular formula is C9H23N7. The number of rotatable bonds is 10. The number of hydrazine groups is 1. The SMILES string of the molecule is N=C(N)NCCCNCCCCN=CNN. The van der Waals surface area contributed by atoms with Gasteiger partial charge in [0.1, 0.15) is 0 Å². The summed E-state index contributed by atoms with van der Waals surface area (Å²) in [6, 6.07) is 0. The molecule has 0 radical (unpaired) electrons. The molecule has 0 bridgehead atoms. The molecule has 94 valence electrons. The highest BCUT2D eigenvalue weighted by Crippen LogP contribution is 1.87. The van der Waals surface area contributed by atoms with Crippen molar-refractivity contribution in [3.8, 4) is 0 Å². The molecule has 0 aromatic rings. The number of nitrogens with zero attached hydrogens (tertiary/aromatic N) is 1. The molecular weight excluding hydrogens is 206 g/mol. The summed E-state index contributed by atoms with van der Waals surface area (Å²) in [6.07, 6.45) is 4.62. The maximum Gasteiger partial charge on any atom is 0.185 e. The van der Waals surface area contributed by atoms with Crippen LogP contribution in [-0.4, -0.2) is 38.5 Å². The Bertz CT molecular complexity index is 192. The summed E-state index contributed by atoms with van der Waals surface area (Å²) in [4.78, 5) is 4.02. The standard InChI is InChI=1S/C9H23N7/c10-9(11)15-7-3-6-13-4-1-2-5-14-8-16-12/h8,13H,1-7,12H2,(H,14,16)(H4,10,11,15). The first-order valence-electron chi connectivity index (χ1n) is 5.50. The van der Waals surface area contributed by atoms with Crippen LogP contribution in [0.15, 0.2) is 4.99 Å². The molecule has 0 saturated heterocycles. The summed E-state index contributed by atoms with van der Waals surface area (Å²) in [7, 11) is 0. The van der Waals surface area contributed by atoms with E-state index in [0.717, 1.165) is 45.4 Å². The Morgan fingerprint density at radius 2 is 1.94 bits per heavy atom. The molecule has 0 aliphatic carbocycles. The summed E-state index contributed by atoms with van der Waals surface area (Å²) in [5.74, 6) is 5.05. The van der Waals surface area contributed by atoms with E-state index in [2.05, 4.69) is 21.1 Å². The minimum Gasteiger partial charge on any atom is -0.370 e. The van der Waals surface area contributed by atoms with Crippen LogP contribution in [-0.2, 0) is 0 Å². The lowest BCUT2D eigenvalue weighted by molar-refractivity contribution is 0.602. The van der Waals surface area contributed by atoms with E-state index < -0.39 is 0 Å². The number of nitrogens with one attached hydrogen (secondary N) is 4. The molecule has 16 heavy (non-hydrogen) atoms. The Kier molecular flexibility index (Phi) is 10.8. The van der Waals surface area contributed by atoms with Crippen molar-refractivity contribution in [1.82, 2.24) is 16.1 Å². The highest BCUT2D eigenvalue weighted by molar-refractivity contribution is 5.74. The number of guanidine groups is 1. The average Bonchev–Trinajstić information content (AvgIpc) is 2.25. The Balaban J connectivity index is 2.98. The van der Waals surface area contributed by atoms with Crippen LogP contribution in [0.3, 0.4) is 0 Å². The van der Waals surface area contributed by atoms with Gasteiger partial charge >= 0.3 is 0 Å². The highest BCUT2D eigenvalue weighted by atomic mass is 15.2. The first-order valence-corrected chi connectivity index (χ1v) is 5.50. The first-order chi connectivity index (χ1) is 7.77. The lowest BCUT2D eigenvalue weighted by Gasteiger charge is -2.05. The van der Waals surface area contributed by atoms with Crippen LogP contribution in [0, 0.1) is 5.41 Å². The van der Waals surface area contributed by atoms with Crippen LogP contribution in [0.5, 0.6) is 0 Å². The van der Waals surface area contributed by atoms with Crippen LogP contribution in [0.2, 0.25) is 0 Å². The Labute approximate surface area is 96.5 Å². The molecule has 0 amide bonds. The summed E-state index contributed by atoms with van der Waals surface area (Å²) in [5, 5.41) is 13.0. The van der Waals surface area contributed by atoms with Crippen LogP contribution < -0.4 is 27.6 Å². The molecule has 0 rings (SSSR count). The monoisotopic (exact) mass is 229 g/mol. The van der Waals surface area contributed by atoms with E-state index >= 15 is 0 Å². The first kappa shape index (κ1) is 14.7. The van der Waals surface area contributed by atoms with Crippen LogP contribution in [0.25, 0.3) is 0 Å². The molecule has 7 heteroatoms. The Hall–Kier alpha value is -1.34. The minimum absolute atomic E-state index is 0.0337. The van der Waals surface area contributed by atoms with Gasteiger partial charge in [-0.15, -0.1) is 0 Å². The summed E-state index contributed by atoms with van der Waals surface area (Å²) in [5.41, 5.74) is 7.50. The number of hydrogen-bond donors (Lipinski definition) is 6. The number of unbranched alkanes of at least 4 members (excludes halogenated alkanes) is 1. The largest absolute Gasteiger partial charge is 0.370 e. The van der Waals surface area contributed by atoms with Crippen LogP contribution >= 0.6 is 0 Å². The third-order valence-corrected chi connectivity index (χ3v) is 1.90. The summed E-state index contributed by atoms with van der Waals surface area (Å²) in [6.45, 7) is 3.48. The third-order valence-electron chi connectivity index (χ3n) is 1.90. The van der Waals surface area contributed by atoms with Gasteiger partial charge in [0.25, 0.3) is 0 Å². The zero-order valence-corrected chi connectivity index (χ0v) is 9.63. The number of hydrogen-bond acceptors (Lipinski definition) is 4. The molecule has 0 saturated carbocycles. The molecule has 0 aliphatic heterocycles. The van der Waals surface area contributed by atoms with Gasteiger partial charge in [-0.1, -0.05) is 0 Å². The van der Waals surface area contributed by atoms with Crippen LogP contribution in [0.1, 0.15) is 19.3 Å². The Morgan fingerprint density at radius 1 is 1.19 bits per heavy atom. The van der Waals surface area contributed by atoms with Gasteiger partial charge in [0.2, 0.25) is 0 Å². The second-order valence-corrected chi connectivity index (χ2v) is 3.35. The highest BCUT2D eigenvalue weighted by Gasteiger charge is 1.90. The quantitative estimate of drug-likeness (QED) is 0.0915. The fraction of sp³-hybridized carbons (Fsp3) is 0.778. The molecule has 0 unspecified atom stereocenters. The number of nitrogens with two attached hydrogens (primary N) is 2. The van der Waals surface area contributed by atoms with E-state index in [1.165, 1.54) is 6.34 Å². The van der Waals surface area contributed by atoms with Gasteiger partial charge in [-0.2, -0.15) is 0 Å². The normalized spacial score (nSPS) is 10.6. The van der Waals surface area contributed by atoms with Crippen molar-refractivity contribution >= 4 is 12.3 Å². The maximum absolute atomic E-state index is 6.94.